The molecule has 4 rings (SSSR count). The number of nitrogens with two attached hydrogens (primary N) is 1. The maximum Gasteiger partial charge on any atom is 0.341 e. The molecule has 0 amide bonds. The number of aromatic nitrogens is 3. The van der Waals surface area contributed by atoms with Gasteiger partial charge in [0, 0.05) is 23.7 Å². The lowest BCUT2D eigenvalue weighted by atomic mass is 9.94. The Labute approximate surface area is 166 Å². The van der Waals surface area contributed by atoms with Gasteiger partial charge >= 0.3 is 5.97 Å². The number of fused-ring (bicyclic) bond motifs is 2. The molecule has 2 aromatic heterocycles. The number of benzene rings is 1. The SMILES string of the molecule is CC(Nc1ccn2ncc(C(=O)O)c2n1)c1cc(F)cc2c1O[C@](C)(CCN)C2. The van der Waals surface area contributed by atoms with Crippen LogP contribution in [-0.4, -0.2) is 37.8 Å². The van der Waals surface area contributed by atoms with Crippen LogP contribution in [0, 0.1) is 5.82 Å². The number of carboxylic acids is 1. The van der Waals surface area contributed by atoms with Gasteiger partial charge in [-0.2, -0.15) is 5.10 Å². The third-order valence-corrected chi connectivity index (χ3v) is 5.18. The molecule has 3 heterocycles. The average molecular weight is 399 g/mol. The molecule has 4 N–H and O–H groups in total. The van der Waals surface area contributed by atoms with Crippen molar-refractivity contribution in [2.45, 2.75) is 38.3 Å². The van der Waals surface area contributed by atoms with E-state index in [4.69, 9.17) is 10.5 Å². The van der Waals surface area contributed by atoms with Crippen molar-refractivity contribution in [1.29, 1.82) is 0 Å². The molecule has 2 atom stereocenters. The number of anilines is 1. The third kappa shape index (κ3) is 3.49. The lowest BCUT2D eigenvalue weighted by molar-refractivity contribution is 0.0698. The number of hydrogen-bond donors (Lipinski definition) is 3. The van der Waals surface area contributed by atoms with Crippen LogP contribution in [0.4, 0.5) is 10.2 Å². The molecule has 0 aliphatic carbocycles. The lowest BCUT2D eigenvalue weighted by Crippen LogP contribution is -2.33. The predicted molar refractivity (Wildman–Crippen MR) is 105 cm³/mol. The van der Waals surface area contributed by atoms with Gasteiger partial charge in [0.05, 0.1) is 12.2 Å². The Morgan fingerprint density at radius 2 is 2.31 bits per heavy atom. The molecule has 8 nitrogen and oxygen atoms in total. The number of carboxylic acid groups (broad SMARTS) is 1. The van der Waals surface area contributed by atoms with Gasteiger partial charge in [0.25, 0.3) is 0 Å². The summed E-state index contributed by atoms with van der Waals surface area (Å²) >= 11 is 0. The molecule has 3 aromatic rings. The molecule has 152 valence electrons. The van der Waals surface area contributed by atoms with Gasteiger partial charge in [0.15, 0.2) is 5.65 Å². The van der Waals surface area contributed by atoms with E-state index in [1.54, 1.807) is 12.3 Å². The molecule has 0 bridgehead atoms. The van der Waals surface area contributed by atoms with Crippen molar-refractivity contribution in [2.75, 3.05) is 11.9 Å². The number of nitrogens with one attached hydrogen (secondary N) is 1. The highest BCUT2D eigenvalue weighted by molar-refractivity contribution is 5.94. The molecular formula is C20H22FN5O3. The van der Waals surface area contributed by atoms with Crippen molar-refractivity contribution in [3.8, 4) is 5.75 Å². The Kier molecular flexibility index (Phi) is 4.62. The van der Waals surface area contributed by atoms with Gasteiger partial charge in [-0.05, 0) is 45.0 Å². The van der Waals surface area contributed by atoms with E-state index in [1.807, 2.05) is 13.8 Å². The highest BCUT2D eigenvalue weighted by Gasteiger charge is 2.36. The molecule has 0 fully saturated rings. The zero-order chi connectivity index (χ0) is 20.8. The fraction of sp³-hybridized carbons (Fsp3) is 0.350. The first-order chi connectivity index (χ1) is 13.8. The minimum absolute atomic E-state index is 0.00818. The van der Waals surface area contributed by atoms with E-state index in [1.165, 1.54) is 22.8 Å². The molecule has 0 saturated heterocycles. The van der Waals surface area contributed by atoms with E-state index in [0.717, 1.165) is 5.56 Å². The molecule has 9 heteroatoms. The van der Waals surface area contributed by atoms with E-state index in [0.29, 0.717) is 36.5 Å². The normalized spacial score (nSPS) is 19.0. The van der Waals surface area contributed by atoms with Gasteiger partial charge in [-0.1, -0.05) is 0 Å². The largest absolute Gasteiger partial charge is 0.487 e. The summed E-state index contributed by atoms with van der Waals surface area (Å²) in [5.41, 5.74) is 6.98. The third-order valence-electron chi connectivity index (χ3n) is 5.18. The molecule has 29 heavy (non-hydrogen) atoms. The number of ether oxygens (including phenoxy) is 1. The second kappa shape index (κ2) is 7.00. The molecule has 1 aromatic carbocycles. The van der Waals surface area contributed by atoms with Crippen LogP contribution in [-0.2, 0) is 6.42 Å². The lowest BCUT2D eigenvalue weighted by Gasteiger charge is -2.24. The summed E-state index contributed by atoms with van der Waals surface area (Å²) in [7, 11) is 0. The van der Waals surface area contributed by atoms with E-state index in [9.17, 15) is 14.3 Å². The molecule has 0 radical (unpaired) electrons. The highest BCUT2D eigenvalue weighted by atomic mass is 19.1. The number of hydrogen-bond acceptors (Lipinski definition) is 6. The summed E-state index contributed by atoms with van der Waals surface area (Å²) in [5, 5.41) is 16.5. The molecule has 1 aliphatic rings. The highest BCUT2D eigenvalue weighted by Crippen LogP contribution is 2.42. The van der Waals surface area contributed by atoms with Crippen LogP contribution < -0.4 is 15.8 Å². The number of rotatable bonds is 6. The van der Waals surface area contributed by atoms with Crippen molar-refractivity contribution < 1.29 is 19.0 Å². The molecular weight excluding hydrogens is 377 g/mol. The summed E-state index contributed by atoms with van der Waals surface area (Å²) in [6.07, 6.45) is 4.14. The quantitative estimate of drug-likeness (QED) is 0.584. The maximum absolute atomic E-state index is 14.3. The van der Waals surface area contributed by atoms with Gasteiger partial charge in [-0.3, -0.25) is 0 Å². The zero-order valence-corrected chi connectivity index (χ0v) is 16.1. The van der Waals surface area contributed by atoms with E-state index in [-0.39, 0.29) is 23.1 Å². The minimum Gasteiger partial charge on any atom is -0.487 e. The maximum atomic E-state index is 14.3. The molecule has 1 aliphatic heterocycles. The summed E-state index contributed by atoms with van der Waals surface area (Å²) in [4.78, 5) is 15.7. The summed E-state index contributed by atoms with van der Waals surface area (Å²) in [6.45, 7) is 4.33. The standard InChI is InChI=1S/C20H22FN5O3/c1-11(24-16-3-6-26-18(25-16)15(10-23-26)19(27)28)14-8-13(21)7-12-9-20(2,4-5-22)29-17(12)14/h3,6-8,10-11H,4-5,9,22H2,1-2H3,(H,24,25)(H,27,28)/t11?,20-/m1/s1. The van der Waals surface area contributed by atoms with Crippen LogP contribution in [0.25, 0.3) is 5.65 Å². The van der Waals surface area contributed by atoms with Crippen LogP contribution in [0.2, 0.25) is 0 Å². The number of nitrogens with zero attached hydrogens (tertiary/aromatic N) is 3. The smallest absolute Gasteiger partial charge is 0.341 e. The van der Waals surface area contributed by atoms with Crippen LogP contribution in [0.3, 0.4) is 0 Å². The fourth-order valence-electron chi connectivity index (χ4n) is 3.78. The van der Waals surface area contributed by atoms with E-state index in [2.05, 4.69) is 15.4 Å². The van der Waals surface area contributed by atoms with Crippen molar-refractivity contribution in [1.82, 2.24) is 14.6 Å². The van der Waals surface area contributed by atoms with Gasteiger partial charge in [-0.25, -0.2) is 18.7 Å². The first kappa shape index (κ1) is 19.1. The second-order valence-electron chi connectivity index (χ2n) is 7.56. The first-order valence-corrected chi connectivity index (χ1v) is 9.35. The predicted octanol–water partition coefficient (Wildman–Crippen LogP) is 2.78. The van der Waals surface area contributed by atoms with Gasteiger partial charge in [-0.15, -0.1) is 0 Å². The zero-order valence-electron chi connectivity index (χ0n) is 16.1. The van der Waals surface area contributed by atoms with Crippen LogP contribution in [0.1, 0.15) is 47.8 Å². The molecule has 1 unspecified atom stereocenters. The van der Waals surface area contributed by atoms with Crippen LogP contribution in [0.5, 0.6) is 5.75 Å². The Morgan fingerprint density at radius 3 is 3.03 bits per heavy atom. The van der Waals surface area contributed by atoms with Gasteiger partial charge < -0.3 is 20.9 Å². The summed E-state index contributed by atoms with van der Waals surface area (Å²) < 4.78 is 21.8. The van der Waals surface area contributed by atoms with Crippen LogP contribution in [0.15, 0.2) is 30.6 Å². The van der Waals surface area contributed by atoms with E-state index < -0.39 is 11.6 Å². The minimum atomic E-state index is -1.10. The first-order valence-electron chi connectivity index (χ1n) is 9.35. The average Bonchev–Trinajstić information content (AvgIpc) is 3.21. The Balaban J connectivity index is 1.65. The van der Waals surface area contributed by atoms with Crippen molar-refractivity contribution in [3.05, 3.63) is 53.1 Å². The van der Waals surface area contributed by atoms with E-state index >= 15 is 0 Å². The fourth-order valence-corrected chi connectivity index (χ4v) is 3.78. The molecule has 0 spiro atoms. The number of halogens is 1. The Morgan fingerprint density at radius 1 is 1.52 bits per heavy atom. The van der Waals surface area contributed by atoms with Crippen molar-refractivity contribution >= 4 is 17.4 Å². The Hall–Kier alpha value is -3.20. The second-order valence-corrected chi connectivity index (χ2v) is 7.56. The van der Waals surface area contributed by atoms with Crippen molar-refractivity contribution in [3.63, 3.8) is 0 Å². The molecule has 0 saturated carbocycles. The van der Waals surface area contributed by atoms with Crippen molar-refractivity contribution in [2.24, 2.45) is 5.73 Å². The topological polar surface area (TPSA) is 115 Å². The summed E-state index contributed by atoms with van der Waals surface area (Å²) in [5.74, 6) is -0.318. The number of aromatic carboxylic acids is 1. The number of carbonyl (C=O) groups is 1. The monoisotopic (exact) mass is 399 g/mol. The summed E-state index contributed by atoms with van der Waals surface area (Å²) in [6, 6.07) is 4.31. The van der Waals surface area contributed by atoms with Gasteiger partial charge in [0.2, 0.25) is 0 Å². The van der Waals surface area contributed by atoms with Crippen LogP contribution >= 0.6 is 0 Å². The Bertz CT molecular complexity index is 1100. The van der Waals surface area contributed by atoms with Gasteiger partial charge in [0.1, 0.15) is 28.5 Å².